The molecule has 0 amide bonds. The minimum Gasteiger partial charge on any atom is -0.508 e. The first kappa shape index (κ1) is 10.7. The van der Waals surface area contributed by atoms with Gasteiger partial charge in [-0.3, -0.25) is 0 Å². The zero-order valence-corrected chi connectivity index (χ0v) is 9.01. The van der Waals surface area contributed by atoms with Gasteiger partial charge in [-0.1, -0.05) is 42.5 Å². The molecule has 0 spiro atoms. The minimum atomic E-state index is 0.00532. The molecule has 0 fully saturated rings. The zero-order chi connectivity index (χ0) is 11.4. The molecule has 2 rings (SSSR count). The van der Waals surface area contributed by atoms with Crippen molar-refractivity contribution >= 4 is 0 Å². The molecule has 0 saturated heterocycles. The van der Waals surface area contributed by atoms with E-state index in [-0.39, 0.29) is 11.8 Å². The summed E-state index contributed by atoms with van der Waals surface area (Å²) >= 11 is 0. The standard InChI is InChI=1S/C14H15NO/c15-14(12-4-2-1-3-5-12)10-11-6-8-13(16)9-7-11/h1-9,14,16H,10,15H2/t14-/m1/s1. The van der Waals surface area contributed by atoms with Crippen molar-refractivity contribution in [3.05, 3.63) is 65.7 Å². The molecule has 2 nitrogen and oxygen atoms in total. The van der Waals surface area contributed by atoms with Crippen molar-refractivity contribution in [1.29, 1.82) is 0 Å². The quantitative estimate of drug-likeness (QED) is 0.823. The highest BCUT2D eigenvalue weighted by Crippen LogP contribution is 2.17. The number of rotatable bonds is 3. The van der Waals surface area contributed by atoms with Crippen LogP contribution in [-0.2, 0) is 6.42 Å². The molecule has 3 N–H and O–H groups in total. The number of hydrogen-bond acceptors (Lipinski definition) is 2. The lowest BCUT2D eigenvalue weighted by atomic mass is 10.00. The van der Waals surface area contributed by atoms with Crippen LogP contribution in [0.3, 0.4) is 0 Å². The van der Waals surface area contributed by atoms with Gasteiger partial charge in [-0.15, -0.1) is 0 Å². The molecule has 1 atom stereocenters. The second kappa shape index (κ2) is 4.81. The number of benzene rings is 2. The molecule has 0 saturated carbocycles. The molecular formula is C14H15NO. The maximum absolute atomic E-state index is 9.18. The predicted octanol–water partition coefficient (Wildman–Crippen LogP) is 2.63. The first-order chi connectivity index (χ1) is 7.75. The Balaban J connectivity index is 2.08. The number of phenolic OH excluding ortho intramolecular Hbond substituents is 1. The van der Waals surface area contributed by atoms with Gasteiger partial charge in [0.15, 0.2) is 0 Å². The van der Waals surface area contributed by atoms with Crippen molar-refractivity contribution in [1.82, 2.24) is 0 Å². The molecule has 0 aliphatic heterocycles. The molecule has 82 valence electrons. The fourth-order valence-electron chi connectivity index (χ4n) is 1.70. The lowest BCUT2D eigenvalue weighted by Gasteiger charge is -2.11. The van der Waals surface area contributed by atoms with Crippen LogP contribution in [0.1, 0.15) is 17.2 Å². The van der Waals surface area contributed by atoms with Gasteiger partial charge in [0.1, 0.15) is 5.75 Å². The summed E-state index contributed by atoms with van der Waals surface area (Å²) in [5.74, 6) is 0.289. The van der Waals surface area contributed by atoms with Gasteiger partial charge in [0.05, 0.1) is 0 Å². The SMILES string of the molecule is N[C@H](Cc1ccc(O)cc1)c1ccccc1. The fourth-order valence-corrected chi connectivity index (χ4v) is 1.70. The van der Waals surface area contributed by atoms with Crippen LogP contribution in [-0.4, -0.2) is 5.11 Å². The second-order valence-electron chi connectivity index (χ2n) is 3.89. The van der Waals surface area contributed by atoms with Gasteiger partial charge in [0.2, 0.25) is 0 Å². The third kappa shape index (κ3) is 2.61. The minimum absolute atomic E-state index is 0.00532. The molecule has 2 aromatic carbocycles. The van der Waals surface area contributed by atoms with Crippen LogP contribution in [0.25, 0.3) is 0 Å². The van der Waals surface area contributed by atoms with E-state index in [9.17, 15) is 5.11 Å². The summed E-state index contributed by atoms with van der Waals surface area (Å²) in [6, 6.07) is 17.2. The number of nitrogens with two attached hydrogens (primary N) is 1. The summed E-state index contributed by atoms with van der Waals surface area (Å²) in [7, 11) is 0. The molecule has 0 aliphatic rings. The molecule has 0 unspecified atom stereocenters. The first-order valence-electron chi connectivity index (χ1n) is 5.34. The molecule has 2 heteroatoms. The first-order valence-corrected chi connectivity index (χ1v) is 5.34. The Morgan fingerprint density at radius 2 is 1.56 bits per heavy atom. The number of phenols is 1. The molecular weight excluding hydrogens is 198 g/mol. The van der Waals surface area contributed by atoms with Crippen LogP contribution in [0.2, 0.25) is 0 Å². The summed E-state index contributed by atoms with van der Waals surface area (Å²) in [5.41, 5.74) is 8.37. The normalized spacial score (nSPS) is 12.3. The van der Waals surface area contributed by atoms with E-state index >= 15 is 0 Å². The molecule has 0 aliphatic carbocycles. The molecule has 0 heterocycles. The van der Waals surface area contributed by atoms with Gasteiger partial charge in [0.25, 0.3) is 0 Å². The highest BCUT2D eigenvalue weighted by molar-refractivity contribution is 5.28. The summed E-state index contributed by atoms with van der Waals surface area (Å²) in [4.78, 5) is 0. The summed E-state index contributed by atoms with van der Waals surface area (Å²) < 4.78 is 0. The van der Waals surface area contributed by atoms with E-state index in [2.05, 4.69) is 0 Å². The van der Waals surface area contributed by atoms with E-state index in [1.54, 1.807) is 12.1 Å². The summed E-state index contributed by atoms with van der Waals surface area (Å²) in [6.45, 7) is 0. The number of hydrogen-bond donors (Lipinski definition) is 2. The van der Waals surface area contributed by atoms with Crippen molar-refractivity contribution in [3.8, 4) is 5.75 Å². The van der Waals surface area contributed by atoms with Gasteiger partial charge in [0, 0.05) is 6.04 Å². The Morgan fingerprint density at radius 1 is 0.938 bits per heavy atom. The Bertz CT molecular complexity index is 436. The van der Waals surface area contributed by atoms with Gasteiger partial charge >= 0.3 is 0 Å². The molecule has 16 heavy (non-hydrogen) atoms. The van der Waals surface area contributed by atoms with E-state index in [4.69, 9.17) is 5.73 Å². The second-order valence-corrected chi connectivity index (χ2v) is 3.89. The highest BCUT2D eigenvalue weighted by atomic mass is 16.3. The smallest absolute Gasteiger partial charge is 0.115 e. The maximum Gasteiger partial charge on any atom is 0.115 e. The lowest BCUT2D eigenvalue weighted by Crippen LogP contribution is -2.12. The largest absolute Gasteiger partial charge is 0.508 e. The molecule has 0 bridgehead atoms. The van der Waals surface area contributed by atoms with Crippen molar-refractivity contribution in [2.24, 2.45) is 5.73 Å². The highest BCUT2D eigenvalue weighted by Gasteiger charge is 2.06. The average Bonchev–Trinajstić information content (AvgIpc) is 2.33. The third-order valence-electron chi connectivity index (χ3n) is 2.62. The lowest BCUT2D eigenvalue weighted by molar-refractivity contribution is 0.475. The Labute approximate surface area is 95.4 Å². The predicted molar refractivity (Wildman–Crippen MR) is 65.2 cm³/mol. The van der Waals surface area contributed by atoms with E-state index in [0.29, 0.717) is 0 Å². The monoisotopic (exact) mass is 213 g/mol. The van der Waals surface area contributed by atoms with Gasteiger partial charge in [-0.2, -0.15) is 0 Å². The molecule has 0 aromatic heterocycles. The van der Waals surface area contributed by atoms with Crippen molar-refractivity contribution in [2.45, 2.75) is 12.5 Å². The topological polar surface area (TPSA) is 46.2 Å². The van der Waals surface area contributed by atoms with Crippen molar-refractivity contribution in [3.63, 3.8) is 0 Å². The average molecular weight is 213 g/mol. The fraction of sp³-hybridized carbons (Fsp3) is 0.143. The van der Waals surface area contributed by atoms with E-state index in [1.165, 1.54) is 0 Å². The van der Waals surface area contributed by atoms with Crippen LogP contribution >= 0.6 is 0 Å². The summed E-state index contributed by atoms with van der Waals surface area (Å²) in [6.07, 6.45) is 0.782. The van der Waals surface area contributed by atoms with Gasteiger partial charge in [-0.25, -0.2) is 0 Å². The van der Waals surface area contributed by atoms with Gasteiger partial charge in [-0.05, 0) is 29.7 Å². The molecule has 0 radical (unpaired) electrons. The van der Waals surface area contributed by atoms with Crippen LogP contribution < -0.4 is 5.73 Å². The summed E-state index contributed by atoms with van der Waals surface area (Å²) in [5, 5.41) is 9.18. The van der Waals surface area contributed by atoms with Crippen molar-refractivity contribution < 1.29 is 5.11 Å². The van der Waals surface area contributed by atoms with Crippen LogP contribution in [0.15, 0.2) is 54.6 Å². The van der Waals surface area contributed by atoms with Crippen LogP contribution in [0.4, 0.5) is 0 Å². The zero-order valence-electron chi connectivity index (χ0n) is 9.01. The van der Waals surface area contributed by atoms with Crippen molar-refractivity contribution in [2.75, 3.05) is 0 Å². The van der Waals surface area contributed by atoms with Crippen LogP contribution in [0.5, 0.6) is 5.75 Å². The molecule has 2 aromatic rings. The van der Waals surface area contributed by atoms with E-state index in [0.717, 1.165) is 17.5 Å². The van der Waals surface area contributed by atoms with Crippen LogP contribution in [0, 0.1) is 0 Å². The Hall–Kier alpha value is -1.80. The maximum atomic E-state index is 9.18. The van der Waals surface area contributed by atoms with Gasteiger partial charge < -0.3 is 10.8 Å². The Morgan fingerprint density at radius 3 is 2.19 bits per heavy atom. The third-order valence-corrected chi connectivity index (χ3v) is 2.62. The van der Waals surface area contributed by atoms with E-state index < -0.39 is 0 Å². The van der Waals surface area contributed by atoms with E-state index in [1.807, 2.05) is 42.5 Å². The number of aromatic hydroxyl groups is 1. The Kier molecular flexibility index (Phi) is 3.22.